The summed E-state index contributed by atoms with van der Waals surface area (Å²) in [5.41, 5.74) is 1.19. The van der Waals surface area contributed by atoms with Crippen molar-refractivity contribution in [1.82, 2.24) is 4.98 Å². The van der Waals surface area contributed by atoms with E-state index in [0.29, 0.717) is 5.92 Å². The van der Waals surface area contributed by atoms with Crippen LogP contribution in [0.3, 0.4) is 0 Å². The molecule has 0 spiro atoms. The lowest BCUT2D eigenvalue weighted by atomic mass is 10.0. The third-order valence-corrected chi connectivity index (χ3v) is 4.34. The molecule has 0 aliphatic carbocycles. The van der Waals surface area contributed by atoms with Gasteiger partial charge >= 0.3 is 0 Å². The molecule has 1 saturated heterocycles. The zero-order chi connectivity index (χ0) is 14.2. The van der Waals surface area contributed by atoms with Gasteiger partial charge in [0.25, 0.3) is 0 Å². The maximum atomic E-state index is 5.73. The first-order valence-corrected chi connectivity index (χ1v) is 8.06. The van der Waals surface area contributed by atoms with Crippen LogP contribution in [0.4, 0.5) is 5.82 Å². The number of nitrogens with zero attached hydrogens (tertiary/aromatic N) is 1. The molecule has 4 nitrogen and oxygen atoms in total. The van der Waals surface area contributed by atoms with E-state index < -0.39 is 0 Å². The number of ether oxygens (including phenoxy) is 2. The highest BCUT2D eigenvalue weighted by atomic mass is 79.9. The van der Waals surface area contributed by atoms with Crippen molar-refractivity contribution in [3.05, 3.63) is 22.3 Å². The SMILES string of the molecule is Cc1cc(NCCCOCC2CCOCC2)ncc1Br. The minimum atomic E-state index is 0.687. The molecule has 2 rings (SSSR count). The molecule has 1 aromatic heterocycles. The third-order valence-electron chi connectivity index (χ3n) is 3.51. The molecule has 2 heterocycles. The van der Waals surface area contributed by atoms with Crippen LogP contribution in [-0.2, 0) is 9.47 Å². The summed E-state index contributed by atoms with van der Waals surface area (Å²) in [7, 11) is 0. The topological polar surface area (TPSA) is 43.4 Å². The zero-order valence-electron chi connectivity index (χ0n) is 12.0. The Kier molecular flexibility index (Phi) is 6.76. The minimum absolute atomic E-state index is 0.687. The van der Waals surface area contributed by atoms with Crippen molar-refractivity contribution in [2.75, 3.05) is 38.3 Å². The van der Waals surface area contributed by atoms with Gasteiger partial charge in [-0.1, -0.05) is 0 Å². The molecule has 0 amide bonds. The second kappa shape index (κ2) is 8.60. The molecule has 0 saturated carbocycles. The molecule has 0 atom stereocenters. The van der Waals surface area contributed by atoms with Gasteiger partial charge in [-0.3, -0.25) is 0 Å². The van der Waals surface area contributed by atoms with Crippen molar-refractivity contribution in [1.29, 1.82) is 0 Å². The molecule has 0 unspecified atom stereocenters. The number of halogens is 1. The van der Waals surface area contributed by atoms with Gasteiger partial charge in [-0.25, -0.2) is 4.98 Å². The first kappa shape index (κ1) is 15.7. The van der Waals surface area contributed by atoms with Crippen LogP contribution in [0.2, 0.25) is 0 Å². The van der Waals surface area contributed by atoms with Gasteiger partial charge in [0, 0.05) is 43.6 Å². The van der Waals surface area contributed by atoms with Gasteiger partial charge in [-0.05, 0) is 59.7 Å². The average molecular weight is 343 g/mol. The van der Waals surface area contributed by atoms with E-state index in [1.165, 1.54) is 5.56 Å². The fraction of sp³-hybridized carbons (Fsp3) is 0.667. The van der Waals surface area contributed by atoms with E-state index in [1.54, 1.807) is 0 Å². The van der Waals surface area contributed by atoms with Gasteiger partial charge in [0.15, 0.2) is 0 Å². The second-order valence-corrected chi connectivity index (χ2v) is 6.08. The van der Waals surface area contributed by atoms with Crippen molar-refractivity contribution < 1.29 is 9.47 Å². The standard InChI is InChI=1S/C15H23BrN2O2/c1-12-9-15(18-10-14(12)16)17-5-2-6-20-11-13-3-7-19-8-4-13/h9-10,13H,2-8,11H2,1H3,(H,17,18). The fourth-order valence-electron chi connectivity index (χ4n) is 2.19. The van der Waals surface area contributed by atoms with Crippen LogP contribution < -0.4 is 5.32 Å². The van der Waals surface area contributed by atoms with E-state index >= 15 is 0 Å². The van der Waals surface area contributed by atoms with Crippen molar-refractivity contribution in [2.24, 2.45) is 5.92 Å². The van der Waals surface area contributed by atoms with E-state index in [1.807, 2.05) is 12.3 Å². The van der Waals surface area contributed by atoms with E-state index in [9.17, 15) is 0 Å². The monoisotopic (exact) mass is 342 g/mol. The first-order chi connectivity index (χ1) is 9.75. The van der Waals surface area contributed by atoms with Crippen LogP contribution in [0.5, 0.6) is 0 Å². The van der Waals surface area contributed by atoms with Crippen molar-refractivity contribution in [3.8, 4) is 0 Å². The molecule has 1 aromatic rings. The lowest BCUT2D eigenvalue weighted by Gasteiger charge is -2.21. The lowest BCUT2D eigenvalue weighted by Crippen LogP contribution is -2.20. The summed E-state index contributed by atoms with van der Waals surface area (Å²) in [6.45, 7) is 6.42. The molecule has 1 fully saturated rings. The third kappa shape index (κ3) is 5.38. The van der Waals surface area contributed by atoms with E-state index in [0.717, 1.165) is 62.5 Å². The Balaban J connectivity index is 1.53. The van der Waals surface area contributed by atoms with E-state index in [-0.39, 0.29) is 0 Å². The highest BCUT2D eigenvalue weighted by Gasteiger charge is 2.13. The zero-order valence-corrected chi connectivity index (χ0v) is 13.6. The van der Waals surface area contributed by atoms with Crippen molar-refractivity contribution in [2.45, 2.75) is 26.2 Å². The Morgan fingerprint density at radius 2 is 2.25 bits per heavy atom. The Hall–Kier alpha value is -0.650. The maximum Gasteiger partial charge on any atom is 0.126 e. The van der Waals surface area contributed by atoms with Crippen LogP contribution in [0.25, 0.3) is 0 Å². The van der Waals surface area contributed by atoms with Gasteiger partial charge in [-0.2, -0.15) is 0 Å². The summed E-state index contributed by atoms with van der Waals surface area (Å²) in [4.78, 5) is 4.32. The van der Waals surface area contributed by atoms with Crippen LogP contribution in [-0.4, -0.2) is 38.0 Å². The molecule has 1 N–H and O–H groups in total. The molecule has 112 valence electrons. The number of aryl methyl sites for hydroxylation is 1. The predicted molar refractivity (Wildman–Crippen MR) is 84.1 cm³/mol. The Morgan fingerprint density at radius 3 is 3.00 bits per heavy atom. The van der Waals surface area contributed by atoms with Crippen LogP contribution in [0, 0.1) is 12.8 Å². The lowest BCUT2D eigenvalue weighted by molar-refractivity contribution is 0.0206. The molecule has 0 aromatic carbocycles. The molecule has 0 bridgehead atoms. The van der Waals surface area contributed by atoms with Crippen molar-refractivity contribution >= 4 is 21.7 Å². The quantitative estimate of drug-likeness (QED) is 0.771. The highest BCUT2D eigenvalue weighted by molar-refractivity contribution is 9.10. The summed E-state index contributed by atoms with van der Waals surface area (Å²) in [5.74, 6) is 1.61. The second-order valence-electron chi connectivity index (χ2n) is 5.23. The molecule has 1 aliphatic rings. The van der Waals surface area contributed by atoms with Crippen LogP contribution in [0.1, 0.15) is 24.8 Å². The Bertz CT molecular complexity index is 409. The van der Waals surface area contributed by atoms with Gasteiger partial charge in [0.2, 0.25) is 0 Å². The largest absolute Gasteiger partial charge is 0.381 e. The number of aromatic nitrogens is 1. The number of rotatable bonds is 7. The van der Waals surface area contributed by atoms with Gasteiger partial charge in [0.05, 0.1) is 0 Å². The molecule has 5 heteroatoms. The molecular weight excluding hydrogens is 320 g/mol. The summed E-state index contributed by atoms with van der Waals surface area (Å²) < 4.78 is 12.1. The van der Waals surface area contributed by atoms with E-state index in [2.05, 4.69) is 33.2 Å². The molecule has 0 radical (unpaired) electrons. The number of hydrogen-bond donors (Lipinski definition) is 1. The summed E-state index contributed by atoms with van der Waals surface area (Å²) in [6.07, 6.45) is 5.11. The Labute approximate surface area is 129 Å². The highest BCUT2D eigenvalue weighted by Crippen LogP contribution is 2.17. The number of nitrogens with one attached hydrogen (secondary N) is 1. The Morgan fingerprint density at radius 1 is 1.45 bits per heavy atom. The number of pyridine rings is 1. The predicted octanol–water partition coefficient (Wildman–Crippen LogP) is 3.40. The molecule has 1 aliphatic heterocycles. The average Bonchev–Trinajstić information content (AvgIpc) is 2.47. The van der Waals surface area contributed by atoms with Gasteiger partial charge in [0.1, 0.15) is 5.82 Å². The van der Waals surface area contributed by atoms with Crippen LogP contribution in [0.15, 0.2) is 16.7 Å². The van der Waals surface area contributed by atoms with E-state index in [4.69, 9.17) is 9.47 Å². The smallest absolute Gasteiger partial charge is 0.126 e. The summed E-state index contributed by atoms with van der Waals surface area (Å²) >= 11 is 3.45. The first-order valence-electron chi connectivity index (χ1n) is 7.27. The fourth-order valence-corrected chi connectivity index (χ4v) is 2.41. The number of hydrogen-bond acceptors (Lipinski definition) is 4. The maximum absolute atomic E-state index is 5.73. The minimum Gasteiger partial charge on any atom is -0.381 e. The molecule has 20 heavy (non-hydrogen) atoms. The number of anilines is 1. The summed E-state index contributed by atoms with van der Waals surface area (Å²) in [6, 6.07) is 2.05. The van der Waals surface area contributed by atoms with Gasteiger partial charge in [-0.15, -0.1) is 0 Å². The normalized spacial score (nSPS) is 16.3. The summed E-state index contributed by atoms with van der Waals surface area (Å²) in [5, 5.41) is 3.32. The van der Waals surface area contributed by atoms with Crippen LogP contribution >= 0.6 is 15.9 Å². The molecular formula is C15H23BrN2O2. The van der Waals surface area contributed by atoms with Gasteiger partial charge < -0.3 is 14.8 Å². The van der Waals surface area contributed by atoms with Crippen molar-refractivity contribution in [3.63, 3.8) is 0 Å².